The molecule has 0 fully saturated rings. The first-order valence-electron chi connectivity index (χ1n) is 8.13. The van der Waals surface area contributed by atoms with E-state index < -0.39 is 6.04 Å². The molecule has 3 N–H and O–H groups in total. The van der Waals surface area contributed by atoms with E-state index >= 15 is 0 Å². The van der Waals surface area contributed by atoms with E-state index in [2.05, 4.69) is 9.97 Å². The predicted molar refractivity (Wildman–Crippen MR) is 104 cm³/mol. The normalized spacial score (nSPS) is 11.6. The molecule has 27 heavy (non-hydrogen) atoms. The van der Waals surface area contributed by atoms with E-state index in [0.717, 1.165) is 0 Å². The fraction of sp³-hybridized carbons (Fsp3) is 0.471. The zero-order valence-corrected chi connectivity index (χ0v) is 16.6. The van der Waals surface area contributed by atoms with E-state index in [1.165, 1.54) is 26.2 Å². The first kappa shape index (κ1) is 22.7. The topological polar surface area (TPSA) is 120 Å². The number of nitrogens with two attached hydrogens (primary N) is 1. The zero-order valence-electron chi connectivity index (χ0n) is 15.8. The molecule has 0 aliphatic rings. The molecule has 0 saturated heterocycles. The van der Waals surface area contributed by atoms with Crippen LogP contribution < -0.4 is 20.8 Å². The van der Waals surface area contributed by atoms with Crippen LogP contribution in [0.2, 0.25) is 0 Å². The van der Waals surface area contributed by atoms with Gasteiger partial charge in [0.25, 0.3) is 5.56 Å². The van der Waals surface area contributed by atoms with Gasteiger partial charge in [-0.2, -0.15) is 0 Å². The summed E-state index contributed by atoms with van der Waals surface area (Å²) in [5.41, 5.74) is 5.94. The Morgan fingerprint density at radius 1 is 1.26 bits per heavy atom. The summed E-state index contributed by atoms with van der Waals surface area (Å²) in [6.07, 6.45) is 0. The Kier molecular flexibility index (Phi) is 8.48. The molecule has 1 unspecified atom stereocenters. The number of rotatable bonds is 8. The van der Waals surface area contributed by atoms with Crippen LogP contribution in [0.1, 0.15) is 12.7 Å². The molecule has 10 heteroatoms. The Morgan fingerprint density at radius 2 is 1.89 bits per heavy atom. The van der Waals surface area contributed by atoms with Crippen LogP contribution in [0.4, 0.5) is 0 Å². The molecule has 0 bridgehead atoms. The molecular formula is C17H25ClN4O5. The van der Waals surface area contributed by atoms with E-state index in [0.29, 0.717) is 34.8 Å². The largest absolute Gasteiger partial charge is 0.493 e. The van der Waals surface area contributed by atoms with E-state index in [1.54, 1.807) is 12.1 Å². The number of nitrogens with one attached hydrogen (secondary N) is 1. The number of aromatic nitrogens is 2. The van der Waals surface area contributed by atoms with Gasteiger partial charge in [0.2, 0.25) is 5.91 Å². The van der Waals surface area contributed by atoms with E-state index in [4.69, 9.17) is 19.9 Å². The zero-order chi connectivity index (χ0) is 19.3. The average molecular weight is 401 g/mol. The second-order valence-corrected chi connectivity index (χ2v) is 5.65. The summed E-state index contributed by atoms with van der Waals surface area (Å²) < 4.78 is 15.4. The number of carbonyl (C=O) groups excluding carboxylic acids is 1. The Bertz CT molecular complexity index is 842. The second-order valence-electron chi connectivity index (χ2n) is 5.65. The fourth-order valence-electron chi connectivity index (χ4n) is 2.60. The van der Waals surface area contributed by atoms with Crippen LogP contribution in [0.25, 0.3) is 10.9 Å². The van der Waals surface area contributed by atoms with Gasteiger partial charge in [-0.05, 0) is 13.0 Å². The van der Waals surface area contributed by atoms with Gasteiger partial charge in [0, 0.05) is 19.7 Å². The molecule has 0 saturated carbocycles. The molecule has 1 amide bonds. The van der Waals surface area contributed by atoms with Crippen molar-refractivity contribution in [1.82, 2.24) is 14.9 Å². The molecule has 0 aliphatic heterocycles. The lowest BCUT2D eigenvalue weighted by Gasteiger charge is -2.23. The van der Waals surface area contributed by atoms with Crippen molar-refractivity contribution in [3.05, 3.63) is 28.3 Å². The maximum Gasteiger partial charge on any atom is 0.258 e. The summed E-state index contributed by atoms with van der Waals surface area (Å²) in [7, 11) is 4.48. The van der Waals surface area contributed by atoms with E-state index in [1.807, 2.05) is 6.92 Å². The smallest absolute Gasteiger partial charge is 0.258 e. The number of H-pyrrole nitrogens is 1. The summed E-state index contributed by atoms with van der Waals surface area (Å²) in [6, 6.07) is 2.43. The highest BCUT2D eigenvalue weighted by Crippen LogP contribution is 2.29. The van der Waals surface area contributed by atoms with Crippen LogP contribution in [0.5, 0.6) is 11.5 Å². The molecule has 0 spiro atoms. The van der Waals surface area contributed by atoms with Crippen molar-refractivity contribution in [1.29, 1.82) is 0 Å². The average Bonchev–Trinajstić information content (AvgIpc) is 2.64. The minimum atomic E-state index is -0.767. The third kappa shape index (κ3) is 5.09. The molecule has 2 rings (SSSR count). The minimum Gasteiger partial charge on any atom is -0.493 e. The van der Waals surface area contributed by atoms with Crippen LogP contribution in [-0.4, -0.2) is 61.3 Å². The Hall–Kier alpha value is -2.36. The van der Waals surface area contributed by atoms with Crippen LogP contribution in [0.3, 0.4) is 0 Å². The van der Waals surface area contributed by atoms with E-state index in [9.17, 15) is 9.59 Å². The number of hydrogen-bond donors (Lipinski definition) is 2. The number of hydrogen-bond acceptors (Lipinski definition) is 7. The van der Waals surface area contributed by atoms with Gasteiger partial charge in [0.05, 0.1) is 38.3 Å². The Labute approximate surface area is 163 Å². The van der Waals surface area contributed by atoms with Gasteiger partial charge in [0.1, 0.15) is 11.9 Å². The van der Waals surface area contributed by atoms with Crippen molar-refractivity contribution in [3.8, 4) is 11.5 Å². The monoisotopic (exact) mass is 400 g/mol. The SMILES string of the molecule is CCN(Cc1nc2cc(OC)c(OC)cc2c(=O)[nH]1)C(=O)C(N)COC.Cl. The predicted octanol–water partition coefficient (Wildman–Crippen LogP) is 0.684. The van der Waals surface area contributed by atoms with Gasteiger partial charge in [-0.15, -0.1) is 12.4 Å². The van der Waals surface area contributed by atoms with Crippen LogP contribution in [0.15, 0.2) is 16.9 Å². The number of aromatic amines is 1. The van der Waals surface area contributed by atoms with Crippen molar-refractivity contribution in [2.75, 3.05) is 34.5 Å². The maximum absolute atomic E-state index is 12.4. The summed E-state index contributed by atoms with van der Waals surface area (Å²) in [5, 5.41) is 0.372. The Morgan fingerprint density at radius 3 is 2.44 bits per heavy atom. The maximum atomic E-state index is 12.4. The third-order valence-corrected chi connectivity index (χ3v) is 3.96. The summed E-state index contributed by atoms with van der Waals surface area (Å²) >= 11 is 0. The molecule has 1 aromatic heterocycles. The van der Waals surface area contributed by atoms with Crippen molar-refractivity contribution < 1.29 is 19.0 Å². The van der Waals surface area contributed by atoms with Gasteiger partial charge in [-0.3, -0.25) is 9.59 Å². The second kappa shape index (κ2) is 10.1. The molecule has 0 aliphatic carbocycles. The number of nitrogens with zero attached hydrogens (tertiary/aromatic N) is 2. The summed E-state index contributed by atoms with van der Waals surface area (Å²) in [5.74, 6) is 0.990. The minimum absolute atomic E-state index is 0. The molecule has 2 aromatic rings. The van der Waals surface area contributed by atoms with Crippen LogP contribution >= 0.6 is 12.4 Å². The lowest BCUT2D eigenvalue weighted by Crippen LogP contribution is -2.46. The number of halogens is 1. The van der Waals surface area contributed by atoms with Crippen LogP contribution in [-0.2, 0) is 16.1 Å². The Balaban J connectivity index is 0.00000364. The van der Waals surface area contributed by atoms with Crippen molar-refractivity contribution >= 4 is 29.2 Å². The molecule has 150 valence electrons. The number of likely N-dealkylation sites (N-methyl/N-ethyl adjacent to an activating group) is 1. The highest BCUT2D eigenvalue weighted by molar-refractivity contribution is 5.85. The van der Waals surface area contributed by atoms with Crippen molar-refractivity contribution in [3.63, 3.8) is 0 Å². The quantitative estimate of drug-likeness (QED) is 0.668. The lowest BCUT2D eigenvalue weighted by atomic mass is 10.2. The third-order valence-electron chi connectivity index (χ3n) is 3.96. The number of amides is 1. The highest BCUT2D eigenvalue weighted by atomic mass is 35.5. The highest BCUT2D eigenvalue weighted by Gasteiger charge is 2.21. The summed E-state index contributed by atoms with van der Waals surface area (Å²) in [4.78, 5) is 33.4. The van der Waals surface area contributed by atoms with Gasteiger partial charge in [-0.1, -0.05) is 0 Å². The number of methoxy groups -OCH3 is 3. The summed E-state index contributed by atoms with van der Waals surface area (Å²) in [6.45, 7) is 2.49. The molecular weight excluding hydrogens is 376 g/mol. The number of carbonyl (C=O) groups is 1. The molecule has 1 aromatic carbocycles. The number of fused-ring (bicyclic) bond motifs is 1. The van der Waals surface area contributed by atoms with Crippen LogP contribution in [0, 0.1) is 0 Å². The molecule has 0 radical (unpaired) electrons. The van der Waals surface area contributed by atoms with Gasteiger partial charge in [0.15, 0.2) is 11.5 Å². The van der Waals surface area contributed by atoms with Gasteiger partial charge < -0.3 is 29.8 Å². The molecule has 1 atom stereocenters. The standard InChI is InChI=1S/C17H24N4O5.ClH/c1-5-21(17(23)11(18)9-24-2)8-15-19-12-7-14(26-4)13(25-3)6-10(12)16(22)20-15;/h6-7,11H,5,8-9,18H2,1-4H3,(H,19,20,22);1H. The van der Waals surface area contributed by atoms with E-state index in [-0.39, 0.29) is 37.0 Å². The number of benzene rings is 1. The first-order chi connectivity index (χ1) is 12.4. The van der Waals surface area contributed by atoms with Gasteiger partial charge >= 0.3 is 0 Å². The van der Waals surface area contributed by atoms with Crippen molar-refractivity contribution in [2.24, 2.45) is 5.73 Å². The first-order valence-corrected chi connectivity index (χ1v) is 8.13. The lowest BCUT2D eigenvalue weighted by molar-refractivity contribution is -0.134. The van der Waals surface area contributed by atoms with Crippen molar-refractivity contribution in [2.45, 2.75) is 19.5 Å². The number of ether oxygens (including phenoxy) is 3. The molecule has 9 nitrogen and oxygen atoms in total. The van der Waals surface area contributed by atoms with Gasteiger partial charge in [-0.25, -0.2) is 4.98 Å². The fourth-order valence-corrected chi connectivity index (χ4v) is 2.60. The molecule has 1 heterocycles.